The first-order chi connectivity index (χ1) is 7.66. The third kappa shape index (κ3) is 1.60. The summed E-state index contributed by atoms with van der Waals surface area (Å²) in [6.45, 7) is 1.88. The highest BCUT2D eigenvalue weighted by Gasteiger charge is 2.17. The van der Waals surface area contributed by atoms with Gasteiger partial charge in [0.2, 0.25) is 6.08 Å². The minimum absolute atomic E-state index is 0.190. The summed E-state index contributed by atoms with van der Waals surface area (Å²) in [7, 11) is 1.97. The first-order valence-corrected chi connectivity index (χ1v) is 5.76. The summed E-state index contributed by atoms with van der Waals surface area (Å²) in [4.78, 5) is 14.1. The molecule has 2 rings (SSSR count). The average molecular weight is 279 g/mol. The molecule has 0 spiro atoms. The number of aryl methyl sites for hydroxylation is 1. The van der Waals surface area contributed by atoms with Crippen molar-refractivity contribution in [1.82, 2.24) is 4.57 Å². The van der Waals surface area contributed by atoms with Crippen molar-refractivity contribution in [1.29, 1.82) is 0 Å². The zero-order valence-corrected chi connectivity index (χ0v) is 10.7. The van der Waals surface area contributed by atoms with Crippen LogP contribution in [0.2, 0.25) is 0 Å². The van der Waals surface area contributed by atoms with Crippen LogP contribution in [0, 0.1) is 0 Å². The van der Waals surface area contributed by atoms with Crippen LogP contribution >= 0.6 is 15.9 Å². The molecule has 1 unspecified atom stereocenters. The van der Waals surface area contributed by atoms with Gasteiger partial charge in [-0.1, -0.05) is 18.2 Å². The maximum Gasteiger partial charge on any atom is 0.235 e. The van der Waals surface area contributed by atoms with E-state index in [9.17, 15) is 4.79 Å². The Morgan fingerprint density at radius 3 is 2.75 bits per heavy atom. The zero-order chi connectivity index (χ0) is 11.7. The molecule has 1 atom stereocenters. The Kier molecular flexibility index (Phi) is 2.95. The number of fused-ring (bicyclic) bond motifs is 1. The molecule has 0 saturated heterocycles. The largest absolute Gasteiger partial charge is 0.345 e. The van der Waals surface area contributed by atoms with Crippen molar-refractivity contribution in [3.63, 3.8) is 0 Å². The molecule has 4 heteroatoms. The molecular formula is C12H11BrN2O. The monoisotopic (exact) mass is 278 g/mol. The van der Waals surface area contributed by atoms with Crippen LogP contribution in [0.1, 0.15) is 18.7 Å². The number of hydrogen-bond donors (Lipinski definition) is 0. The molecule has 2 aromatic rings. The van der Waals surface area contributed by atoms with Gasteiger partial charge in [-0.25, -0.2) is 4.79 Å². The lowest BCUT2D eigenvalue weighted by Crippen LogP contribution is -1.99. The molecule has 0 radical (unpaired) electrons. The van der Waals surface area contributed by atoms with Crippen LogP contribution in [0.15, 0.2) is 33.7 Å². The minimum Gasteiger partial charge on any atom is -0.345 e. The molecule has 82 valence electrons. The van der Waals surface area contributed by atoms with Gasteiger partial charge in [0.1, 0.15) is 6.04 Å². The summed E-state index contributed by atoms with van der Waals surface area (Å²) in [5.41, 5.74) is 2.11. The average Bonchev–Trinajstić information content (AvgIpc) is 2.53. The van der Waals surface area contributed by atoms with E-state index in [0.717, 1.165) is 21.1 Å². The second-order valence-electron chi connectivity index (χ2n) is 3.67. The molecule has 1 aromatic carbocycles. The van der Waals surface area contributed by atoms with Gasteiger partial charge < -0.3 is 4.57 Å². The van der Waals surface area contributed by atoms with Crippen LogP contribution in [0.5, 0.6) is 0 Å². The number of isocyanates is 1. The van der Waals surface area contributed by atoms with Crippen molar-refractivity contribution in [3.8, 4) is 0 Å². The number of carbonyl (C=O) groups excluding carboxylic acids is 1. The first kappa shape index (κ1) is 11.1. The van der Waals surface area contributed by atoms with Crippen LogP contribution in [-0.4, -0.2) is 10.6 Å². The third-order valence-electron chi connectivity index (χ3n) is 2.73. The molecule has 0 N–H and O–H groups in total. The number of benzene rings is 1. The molecule has 0 aliphatic heterocycles. The topological polar surface area (TPSA) is 34.4 Å². The van der Waals surface area contributed by atoms with Crippen LogP contribution in [0.3, 0.4) is 0 Å². The van der Waals surface area contributed by atoms with E-state index in [-0.39, 0.29) is 6.04 Å². The lowest BCUT2D eigenvalue weighted by Gasteiger charge is -2.07. The second kappa shape index (κ2) is 4.24. The third-order valence-corrected chi connectivity index (χ3v) is 3.56. The number of aliphatic imine (C=N–C) groups is 1. The Morgan fingerprint density at radius 2 is 2.12 bits per heavy atom. The van der Waals surface area contributed by atoms with Crippen LogP contribution < -0.4 is 0 Å². The van der Waals surface area contributed by atoms with Gasteiger partial charge in [-0.15, -0.1) is 0 Å². The molecule has 0 fully saturated rings. The summed E-state index contributed by atoms with van der Waals surface area (Å²) in [6, 6.07) is 7.88. The van der Waals surface area contributed by atoms with E-state index < -0.39 is 0 Å². The summed E-state index contributed by atoms with van der Waals surface area (Å²) in [5, 5.41) is 1.13. The summed E-state index contributed by atoms with van der Waals surface area (Å²) in [5.74, 6) is 0. The maximum absolute atomic E-state index is 10.3. The van der Waals surface area contributed by atoms with Gasteiger partial charge in [-0.05, 0) is 28.9 Å². The van der Waals surface area contributed by atoms with E-state index in [2.05, 4.69) is 20.9 Å². The molecule has 1 aromatic heterocycles. The number of hydrogen-bond acceptors (Lipinski definition) is 2. The molecule has 0 bridgehead atoms. The molecule has 0 saturated carbocycles. The Hall–Kier alpha value is -1.38. The van der Waals surface area contributed by atoms with E-state index in [0.29, 0.717) is 0 Å². The highest BCUT2D eigenvalue weighted by molar-refractivity contribution is 9.10. The van der Waals surface area contributed by atoms with Crippen molar-refractivity contribution < 1.29 is 4.79 Å². The van der Waals surface area contributed by atoms with E-state index in [1.54, 1.807) is 6.08 Å². The maximum atomic E-state index is 10.3. The van der Waals surface area contributed by atoms with Gasteiger partial charge in [0.05, 0.1) is 5.69 Å². The number of nitrogens with zero attached hydrogens (tertiary/aromatic N) is 2. The fourth-order valence-corrected chi connectivity index (χ4v) is 2.90. The lowest BCUT2D eigenvalue weighted by atomic mass is 10.2. The molecular weight excluding hydrogens is 268 g/mol. The molecule has 1 heterocycles. The normalized spacial score (nSPS) is 12.4. The predicted octanol–water partition coefficient (Wildman–Crippen LogP) is 3.34. The predicted molar refractivity (Wildman–Crippen MR) is 67.2 cm³/mol. The van der Waals surface area contributed by atoms with Gasteiger partial charge in [0.15, 0.2) is 0 Å². The number of rotatable bonds is 2. The van der Waals surface area contributed by atoms with Crippen molar-refractivity contribution in [2.24, 2.45) is 12.0 Å². The van der Waals surface area contributed by atoms with Crippen LogP contribution in [-0.2, 0) is 11.8 Å². The van der Waals surface area contributed by atoms with E-state index in [1.165, 1.54) is 0 Å². The molecule has 3 nitrogen and oxygen atoms in total. The zero-order valence-electron chi connectivity index (χ0n) is 9.07. The summed E-state index contributed by atoms with van der Waals surface area (Å²) < 4.78 is 3.04. The number of halogens is 1. The van der Waals surface area contributed by atoms with Crippen molar-refractivity contribution in [2.75, 3.05) is 0 Å². The fourth-order valence-electron chi connectivity index (χ4n) is 1.97. The van der Waals surface area contributed by atoms with Crippen LogP contribution in [0.4, 0.5) is 0 Å². The van der Waals surface area contributed by atoms with E-state index in [4.69, 9.17) is 0 Å². The smallest absolute Gasteiger partial charge is 0.235 e. The van der Waals surface area contributed by atoms with Gasteiger partial charge in [-0.2, -0.15) is 4.99 Å². The Balaban J connectivity index is 2.75. The van der Waals surface area contributed by atoms with Gasteiger partial charge >= 0.3 is 0 Å². The van der Waals surface area contributed by atoms with Crippen LogP contribution in [0.25, 0.3) is 10.9 Å². The lowest BCUT2D eigenvalue weighted by molar-refractivity contribution is 0.558. The SMILES string of the molecule is CC(N=C=O)c1c(Br)c2ccccc2n1C. The Morgan fingerprint density at radius 1 is 1.44 bits per heavy atom. The van der Waals surface area contributed by atoms with Crippen molar-refractivity contribution in [3.05, 3.63) is 34.4 Å². The summed E-state index contributed by atoms with van der Waals surface area (Å²) >= 11 is 3.56. The Bertz CT molecular complexity index is 543. The van der Waals surface area contributed by atoms with Crippen molar-refractivity contribution >= 4 is 32.9 Å². The van der Waals surface area contributed by atoms with Gasteiger partial charge in [-0.3, -0.25) is 0 Å². The first-order valence-electron chi connectivity index (χ1n) is 4.96. The molecule has 0 amide bonds. The molecule has 0 aliphatic carbocycles. The number of aromatic nitrogens is 1. The van der Waals surface area contributed by atoms with Gasteiger partial charge in [0, 0.05) is 22.4 Å². The molecule has 16 heavy (non-hydrogen) atoms. The number of para-hydroxylation sites is 1. The highest BCUT2D eigenvalue weighted by Crippen LogP contribution is 2.34. The highest BCUT2D eigenvalue weighted by atomic mass is 79.9. The fraction of sp³-hybridized carbons (Fsp3) is 0.250. The summed E-state index contributed by atoms with van der Waals surface area (Å²) in [6.07, 6.45) is 1.61. The van der Waals surface area contributed by atoms with E-state index >= 15 is 0 Å². The van der Waals surface area contributed by atoms with Crippen molar-refractivity contribution in [2.45, 2.75) is 13.0 Å². The molecule has 0 aliphatic rings. The van der Waals surface area contributed by atoms with Gasteiger partial charge in [0.25, 0.3) is 0 Å². The van der Waals surface area contributed by atoms with E-state index in [1.807, 2.05) is 42.8 Å². The Labute approximate surface area is 102 Å². The quantitative estimate of drug-likeness (QED) is 0.613. The minimum atomic E-state index is -0.190. The second-order valence-corrected chi connectivity index (χ2v) is 4.46. The standard InChI is InChI=1S/C12H11BrN2O/c1-8(14-7-16)12-11(13)9-5-3-4-6-10(9)15(12)2/h3-6,8H,1-2H3.